The second kappa shape index (κ2) is 4.86. The van der Waals surface area contributed by atoms with Crippen molar-refractivity contribution >= 4 is 11.4 Å². The molecule has 3 aromatic rings. The largest absolute Gasteiger partial charge is 0.508 e. The van der Waals surface area contributed by atoms with Crippen molar-refractivity contribution in [1.82, 2.24) is 9.78 Å². The van der Waals surface area contributed by atoms with Crippen molar-refractivity contribution < 1.29 is 5.11 Å². The summed E-state index contributed by atoms with van der Waals surface area (Å²) in [6.45, 7) is 0. The standard InChI is InChI=1S/C15H13N3O/c19-15-7-2-5-13(11-15)17-12-4-1-6-14(10-12)18-9-3-8-16-18/h1-11,17,19H. The Hall–Kier alpha value is -2.75. The maximum atomic E-state index is 9.44. The number of nitrogens with one attached hydrogen (secondary N) is 1. The summed E-state index contributed by atoms with van der Waals surface area (Å²) in [4.78, 5) is 0. The van der Waals surface area contributed by atoms with Gasteiger partial charge in [-0.25, -0.2) is 4.68 Å². The number of phenolic OH excluding ortho intramolecular Hbond substituents is 1. The van der Waals surface area contributed by atoms with Crippen LogP contribution >= 0.6 is 0 Å². The van der Waals surface area contributed by atoms with E-state index in [4.69, 9.17) is 0 Å². The molecule has 0 atom stereocenters. The van der Waals surface area contributed by atoms with Gasteiger partial charge < -0.3 is 10.4 Å². The minimum absolute atomic E-state index is 0.244. The number of benzene rings is 2. The summed E-state index contributed by atoms with van der Waals surface area (Å²) in [5.74, 6) is 0.244. The SMILES string of the molecule is Oc1cccc(Nc2cccc(-n3cccn3)c2)c1. The zero-order chi connectivity index (χ0) is 13.1. The van der Waals surface area contributed by atoms with Crippen LogP contribution in [-0.4, -0.2) is 14.9 Å². The summed E-state index contributed by atoms with van der Waals surface area (Å²) in [6, 6.07) is 16.8. The van der Waals surface area contributed by atoms with Crippen LogP contribution in [0.25, 0.3) is 5.69 Å². The quantitative estimate of drug-likeness (QED) is 0.750. The number of nitrogens with zero attached hydrogens (tertiary/aromatic N) is 2. The van der Waals surface area contributed by atoms with Gasteiger partial charge in [0.05, 0.1) is 5.69 Å². The van der Waals surface area contributed by atoms with Crippen LogP contribution in [0.2, 0.25) is 0 Å². The maximum Gasteiger partial charge on any atom is 0.117 e. The molecule has 3 rings (SSSR count). The summed E-state index contributed by atoms with van der Waals surface area (Å²) in [5, 5.41) is 16.9. The topological polar surface area (TPSA) is 50.1 Å². The minimum atomic E-state index is 0.244. The minimum Gasteiger partial charge on any atom is -0.508 e. The van der Waals surface area contributed by atoms with Gasteiger partial charge in [0.2, 0.25) is 0 Å². The molecule has 0 unspecified atom stereocenters. The predicted molar refractivity (Wildman–Crippen MR) is 75.0 cm³/mol. The van der Waals surface area contributed by atoms with Crippen LogP contribution in [0.1, 0.15) is 0 Å². The van der Waals surface area contributed by atoms with E-state index in [-0.39, 0.29) is 5.75 Å². The van der Waals surface area contributed by atoms with E-state index in [1.165, 1.54) is 0 Å². The van der Waals surface area contributed by atoms with Crippen molar-refractivity contribution in [2.24, 2.45) is 0 Å². The molecule has 0 aliphatic carbocycles. The van der Waals surface area contributed by atoms with E-state index >= 15 is 0 Å². The summed E-state index contributed by atoms with van der Waals surface area (Å²) in [6.07, 6.45) is 3.64. The van der Waals surface area contributed by atoms with Gasteiger partial charge in [-0.2, -0.15) is 5.10 Å². The zero-order valence-corrected chi connectivity index (χ0v) is 10.2. The molecule has 0 spiro atoms. The lowest BCUT2D eigenvalue weighted by Crippen LogP contribution is -1.96. The Bertz CT molecular complexity index is 677. The van der Waals surface area contributed by atoms with E-state index in [2.05, 4.69) is 10.4 Å². The third kappa shape index (κ3) is 2.57. The molecule has 2 aromatic carbocycles. The van der Waals surface area contributed by atoms with Crippen LogP contribution in [0, 0.1) is 0 Å². The van der Waals surface area contributed by atoms with Gasteiger partial charge in [-0.15, -0.1) is 0 Å². The third-order valence-corrected chi connectivity index (χ3v) is 2.75. The van der Waals surface area contributed by atoms with Gasteiger partial charge in [0.25, 0.3) is 0 Å². The van der Waals surface area contributed by atoms with Crippen LogP contribution < -0.4 is 5.32 Å². The summed E-state index contributed by atoms with van der Waals surface area (Å²) >= 11 is 0. The van der Waals surface area contributed by atoms with Crippen LogP contribution in [0.15, 0.2) is 67.0 Å². The molecule has 4 nitrogen and oxygen atoms in total. The molecule has 1 aromatic heterocycles. The highest BCUT2D eigenvalue weighted by Crippen LogP contribution is 2.22. The second-order valence-electron chi connectivity index (χ2n) is 4.18. The van der Waals surface area contributed by atoms with E-state index in [0.717, 1.165) is 17.1 Å². The molecule has 0 fully saturated rings. The Balaban J connectivity index is 1.88. The average Bonchev–Trinajstić information content (AvgIpc) is 2.93. The van der Waals surface area contributed by atoms with E-state index in [1.54, 1.807) is 29.1 Å². The first-order valence-corrected chi connectivity index (χ1v) is 5.97. The Morgan fingerprint density at radius 1 is 0.947 bits per heavy atom. The van der Waals surface area contributed by atoms with Gasteiger partial charge in [-0.1, -0.05) is 12.1 Å². The smallest absolute Gasteiger partial charge is 0.117 e. The fourth-order valence-electron chi connectivity index (χ4n) is 1.90. The van der Waals surface area contributed by atoms with E-state index in [0.29, 0.717) is 0 Å². The molecular weight excluding hydrogens is 238 g/mol. The monoisotopic (exact) mass is 251 g/mol. The Labute approximate surface area is 110 Å². The number of anilines is 2. The van der Waals surface area contributed by atoms with Gasteiger partial charge in [-0.05, 0) is 36.4 Å². The zero-order valence-electron chi connectivity index (χ0n) is 10.2. The maximum absolute atomic E-state index is 9.44. The summed E-state index contributed by atoms with van der Waals surface area (Å²) in [7, 11) is 0. The van der Waals surface area contributed by atoms with Crippen molar-refractivity contribution in [1.29, 1.82) is 0 Å². The van der Waals surface area contributed by atoms with Crippen molar-refractivity contribution in [3.63, 3.8) is 0 Å². The number of aromatic nitrogens is 2. The Morgan fingerprint density at radius 3 is 2.47 bits per heavy atom. The van der Waals surface area contributed by atoms with Crippen LogP contribution in [0.4, 0.5) is 11.4 Å². The van der Waals surface area contributed by atoms with Crippen molar-refractivity contribution in [2.45, 2.75) is 0 Å². The van der Waals surface area contributed by atoms with Gasteiger partial charge in [0.15, 0.2) is 0 Å². The van der Waals surface area contributed by atoms with Crippen LogP contribution in [0.5, 0.6) is 5.75 Å². The molecule has 1 heterocycles. The molecular formula is C15H13N3O. The highest BCUT2D eigenvalue weighted by atomic mass is 16.3. The molecule has 2 N–H and O–H groups in total. The molecule has 0 saturated carbocycles. The van der Waals surface area contributed by atoms with Crippen molar-refractivity contribution in [2.75, 3.05) is 5.32 Å². The number of aromatic hydroxyl groups is 1. The first kappa shape index (κ1) is 11.3. The Morgan fingerprint density at radius 2 is 1.74 bits per heavy atom. The van der Waals surface area contributed by atoms with E-state index < -0.39 is 0 Å². The lowest BCUT2D eigenvalue weighted by atomic mass is 10.2. The molecule has 0 amide bonds. The van der Waals surface area contributed by atoms with Gasteiger partial charge >= 0.3 is 0 Å². The molecule has 0 aliphatic heterocycles. The summed E-state index contributed by atoms with van der Waals surface area (Å²) < 4.78 is 1.80. The fraction of sp³-hybridized carbons (Fsp3) is 0. The first-order chi connectivity index (χ1) is 9.31. The Kier molecular flexibility index (Phi) is 2.90. The van der Waals surface area contributed by atoms with E-state index in [9.17, 15) is 5.11 Å². The lowest BCUT2D eigenvalue weighted by Gasteiger charge is -2.08. The van der Waals surface area contributed by atoms with Crippen molar-refractivity contribution in [3.05, 3.63) is 67.0 Å². The molecule has 0 saturated heterocycles. The number of rotatable bonds is 3. The molecule has 0 radical (unpaired) electrons. The fourth-order valence-corrected chi connectivity index (χ4v) is 1.90. The summed E-state index contributed by atoms with van der Waals surface area (Å²) in [5.41, 5.74) is 2.77. The van der Waals surface area contributed by atoms with Crippen molar-refractivity contribution in [3.8, 4) is 11.4 Å². The van der Waals surface area contributed by atoms with Gasteiger partial charge in [-0.3, -0.25) is 0 Å². The highest BCUT2D eigenvalue weighted by Gasteiger charge is 1.99. The van der Waals surface area contributed by atoms with Gasteiger partial charge in [0, 0.05) is 29.8 Å². The number of hydrogen-bond donors (Lipinski definition) is 2. The second-order valence-corrected chi connectivity index (χ2v) is 4.18. The molecule has 4 heteroatoms. The highest BCUT2D eigenvalue weighted by molar-refractivity contribution is 5.63. The van der Waals surface area contributed by atoms with Crippen LogP contribution in [-0.2, 0) is 0 Å². The molecule has 0 aliphatic rings. The molecule has 19 heavy (non-hydrogen) atoms. The first-order valence-electron chi connectivity index (χ1n) is 5.97. The molecule has 94 valence electrons. The van der Waals surface area contributed by atoms with E-state index in [1.807, 2.05) is 42.6 Å². The van der Waals surface area contributed by atoms with Crippen LogP contribution in [0.3, 0.4) is 0 Å². The third-order valence-electron chi connectivity index (χ3n) is 2.75. The average molecular weight is 251 g/mol. The number of hydrogen-bond acceptors (Lipinski definition) is 3. The van der Waals surface area contributed by atoms with Gasteiger partial charge in [0.1, 0.15) is 5.75 Å². The lowest BCUT2D eigenvalue weighted by molar-refractivity contribution is 0.475. The predicted octanol–water partition coefficient (Wildman–Crippen LogP) is 3.32. The normalized spacial score (nSPS) is 10.3. The number of phenols is 1. The molecule has 0 bridgehead atoms.